The summed E-state index contributed by atoms with van der Waals surface area (Å²) in [6.45, 7) is 6.97. The molecule has 1 aromatic carbocycles. The lowest BCUT2D eigenvalue weighted by Crippen LogP contribution is -2.23. The summed E-state index contributed by atoms with van der Waals surface area (Å²) in [6, 6.07) is 9.30. The van der Waals surface area contributed by atoms with Crippen molar-refractivity contribution in [2.75, 3.05) is 6.54 Å². The van der Waals surface area contributed by atoms with Crippen molar-refractivity contribution in [1.29, 1.82) is 0 Å². The second-order valence-corrected chi connectivity index (χ2v) is 6.32. The Morgan fingerprint density at radius 2 is 2.10 bits per heavy atom. The van der Waals surface area contributed by atoms with Crippen LogP contribution in [0.3, 0.4) is 0 Å². The summed E-state index contributed by atoms with van der Waals surface area (Å²) in [6.07, 6.45) is 1.15. The summed E-state index contributed by atoms with van der Waals surface area (Å²) >= 11 is 1.84. The van der Waals surface area contributed by atoms with Crippen molar-refractivity contribution in [1.82, 2.24) is 5.32 Å². The second-order valence-electron chi connectivity index (χ2n) is 5.38. The summed E-state index contributed by atoms with van der Waals surface area (Å²) in [5.74, 6) is 0. The first-order chi connectivity index (χ1) is 9.79. The number of hydrogen-bond acceptors (Lipinski definition) is 3. The van der Waals surface area contributed by atoms with E-state index < -0.39 is 0 Å². The largest absolute Gasteiger partial charge is 0.372 e. The van der Waals surface area contributed by atoms with E-state index in [0.29, 0.717) is 6.04 Å². The first-order valence-electron chi connectivity index (χ1n) is 7.26. The maximum atomic E-state index is 5.53. The zero-order chi connectivity index (χ0) is 13.9. The van der Waals surface area contributed by atoms with Crippen molar-refractivity contribution >= 4 is 11.3 Å². The topological polar surface area (TPSA) is 21.3 Å². The molecule has 0 radical (unpaired) electrons. The minimum Gasteiger partial charge on any atom is -0.372 e. The number of rotatable bonds is 5. The molecule has 20 heavy (non-hydrogen) atoms. The van der Waals surface area contributed by atoms with E-state index in [9.17, 15) is 0 Å². The summed E-state index contributed by atoms with van der Waals surface area (Å²) < 4.78 is 5.53. The second kappa shape index (κ2) is 6.08. The molecule has 1 atom stereocenters. The Morgan fingerprint density at radius 1 is 1.25 bits per heavy atom. The average Bonchev–Trinajstić information content (AvgIpc) is 3.08. The van der Waals surface area contributed by atoms with E-state index in [1.807, 2.05) is 11.3 Å². The Balaban J connectivity index is 1.94. The number of hydrogen-bond donors (Lipinski definition) is 1. The number of aryl methyl sites for hydroxylation is 1. The molecule has 0 bridgehead atoms. The molecule has 3 heteroatoms. The zero-order valence-corrected chi connectivity index (χ0v) is 12.9. The fourth-order valence-corrected chi connectivity index (χ4v) is 3.73. The normalized spacial score (nSPS) is 15.3. The standard InChI is InChI=1S/C17H21NOS/c1-3-7-18-16(17-12(2)6-8-20-17)13-4-5-14-10-19-11-15(14)9-13/h4-6,8-9,16,18H,3,7,10-11H2,1-2H3. The molecule has 1 N–H and O–H groups in total. The van der Waals surface area contributed by atoms with Gasteiger partial charge in [-0.3, -0.25) is 0 Å². The van der Waals surface area contributed by atoms with Crippen LogP contribution >= 0.6 is 11.3 Å². The van der Waals surface area contributed by atoms with Crippen LogP contribution in [-0.2, 0) is 18.0 Å². The molecule has 2 heterocycles. The molecule has 0 amide bonds. The molecule has 1 aliphatic heterocycles. The molecule has 0 aliphatic carbocycles. The lowest BCUT2D eigenvalue weighted by atomic mass is 9.98. The zero-order valence-electron chi connectivity index (χ0n) is 12.1. The average molecular weight is 287 g/mol. The predicted octanol–water partition coefficient (Wildman–Crippen LogP) is 4.18. The van der Waals surface area contributed by atoms with Crippen molar-refractivity contribution in [3.63, 3.8) is 0 Å². The van der Waals surface area contributed by atoms with E-state index in [2.05, 4.69) is 48.8 Å². The van der Waals surface area contributed by atoms with Crippen LogP contribution < -0.4 is 5.32 Å². The van der Waals surface area contributed by atoms with Crippen LogP contribution in [0.1, 0.15) is 46.5 Å². The lowest BCUT2D eigenvalue weighted by molar-refractivity contribution is 0.134. The monoisotopic (exact) mass is 287 g/mol. The van der Waals surface area contributed by atoms with E-state index in [0.717, 1.165) is 26.2 Å². The van der Waals surface area contributed by atoms with Gasteiger partial charge >= 0.3 is 0 Å². The Bertz CT molecular complexity index is 590. The Morgan fingerprint density at radius 3 is 2.85 bits per heavy atom. The quantitative estimate of drug-likeness (QED) is 0.891. The molecule has 2 nitrogen and oxygen atoms in total. The van der Waals surface area contributed by atoms with Gasteiger partial charge in [0.15, 0.2) is 0 Å². The van der Waals surface area contributed by atoms with Gasteiger partial charge in [-0.05, 0) is 53.6 Å². The molecule has 106 valence electrons. The third kappa shape index (κ3) is 2.66. The number of benzene rings is 1. The van der Waals surface area contributed by atoms with Gasteiger partial charge in [0.25, 0.3) is 0 Å². The third-order valence-corrected chi connectivity index (χ3v) is 4.92. The van der Waals surface area contributed by atoms with E-state index >= 15 is 0 Å². The van der Waals surface area contributed by atoms with Crippen LogP contribution in [-0.4, -0.2) is 6.54 Å². The highest BCUT2D eigenvalue weighted by Crippen LogP contribution is 2.32. The van der Waals surface area contributed by atoms with E-state index in [1.54, 1.807) is 0 Å². The number of thiophene rings is 1. The predicted molar refractivity (Wildman–Crippen MR) is 84.1 cm³/mol. The van der Waals surface area contributed by atoms with Crippen LogP contribution in [0.2, 0.25) is 0 Å². The fraction of sp³-hybridized carbons (Fsp3) is 0.412. The van der Waals surface area contributed by atoms with Gasteiger partial charge in [-0.2, -0.15) is 0 Å². The molecule has 2 aromatic rings. The van der Waals surface area contributed by atoms with Crippen molar-refractivity contribution in [2.45, 2.75) is 39.5 Å². The highest BCUT2D eigenvalue weighted by atomic mass is 32.1. The maximum Gasteiger partial charge on any atom is 0.0725 e. The number of ether oxygens (including phenoxy) is 1. The molecule has 0 saturated carbocycles. The number of nitrogens with one attached hydrogen (secondary N) is 1. The summed E-state index contributed by atoms with van der Waals surface area (Å²) in [5.41, 5.74) is 5.42. The molecule has 1 aliphatic rings. The Labute approximate surface area is 124 Å². The van der Waals surface area contributed by atoms with Crippen molar-refractivity contribution in [3.8, 4) is 0 Å². The first-order valence-corrected chi connectivity index (χ1v) is 8.14. The molecule has 0 fully saturated rings. The van der Waals surface area contributed by atoms with E-state index in [-0.39, 0.29) is 0 Å². The number of fused-ring (bicyclic) bond motifs is 1. The van der Waals surface area contributed by atoms with Gasteiger partial charge < -0.3 is 10.1 Å². The lowest BCUT2D eigenvalue weighted by Gasteiger charge is -2.19. The first kappa shape index (κ1) is 13.8. The molecule has 0 spiro atoms. The minimum atomic E-state index is 0.306. The van der Waals surface area contributed by atoms with E-state index in [4.69, 9.17) is 4.74 Å². The van der Waals surface area contributed by atoms with Gasteiger partial charge in [0, 0.05) is 4.88 Å². The van der Waals surface area contributed by atoms with Crippen LogP contribution in [0.25, 0.3) is 0 Å². The molecule has 0 saturated heterocycles. The smallest absolute Gasteiger partial charge is 0.0725 e. The summed E-state index contributed by atoms with van der Waals surface area (Å²) in [4.78, 5) is 1.43. The van der Waals surface area contributed by atoms with Crippen molar-refractivity contribution in [2.24, 2.45) is 0 Å². The highest BCUT2D eigenvalue weighted by Gasteiger charge is 2.19. The van der Waals surface area contributed by atoms with Gasteiger partial charge in [0.2, 0.25) is 0 Å². The summed E-state index contributed by atoms with van der Waals surface area (Å²) in [5, 5.41) is 5.87. The van der Waals surface area contributed by atoms with Gasteiger partial charge in [-0.25, -0.2) is 0 Å². The van der Waals surface area contributed by atoms with Crippen LogP contribution in [0, 0.1) is 6.92 Å². The molecule has 1 unspecified atom stereocenters. The van der Waals surface area contributed by atoms with Crippen molar-refractivity contribution < 1.29 is 4.74 Å². The minimum absolute atomic E-state index is 0.306. The molecular weight excluding hydrogens is 266 g/mol. The SMILES string of the molecule is CCCNC(c1ccc2c(c1)COC2)c1sccc1C. The summed E-state index contributed by atoms with van der Waals surface area (Å²) in [7, 11) is 0. The van der Waals surface area contributed by atoms with Crippen LogP contribution in [0.4, 0.5) is 0 Å². The highest BCUT2D eigenvalue weighted by molar-refractivity contribution is 7.10. The molecular formula is C17H21NOS. The fourth-order valence-electron chi connectivity index (χ4n) is 2.70. The van der Waals surface area contributed by atoms with Gasteiger partial charge in [0.1, 0.15) is 0 Å². The maximum absolute atomic E-state index is 5.53. The van der Waals surface area contributed by atoms with Crippen LogP contribution in [0.5, 0.6) is 0 Å². The van der Waals surface area contributed by atoms with Crippen molar-refractivity contribution in [3.05, 3.63) is 56.8 Å². The van der Waals surface area contributed by atoms with Gasteiger partial charge in [-0.1, -0.05) is 25.1 Å². The third-order valence-electron chi connectivity index (χ3n) is 3.84. The van der Waals surface area contributed by atoms with E-state index in [1.165, 1.54) is 27.1 Å². The Kier molecular flexibility index (Phi) is 4.20. The Hall–Kier alpha value is -1.16. The molecule has 3 rings (SSSR count). The molecule has 1 aromatic heterocycles. The van der Waals surface area contributed by atoms with Gasteiger partial charge in [-0.15, -0.1) is 11.3 Å². The van der Waals surface area contributed by atoms with Gasteiger partial charge in [0.05, 0.1) is 19.3 Å². The van der Waals surface area contributed by atoms with Crippen LogP contribution in [0.15, 0.2) is 29.6 Å².